The van der Waals surface area contributed by atoms with E-state index in [0.717, 1.165) is 25.7 Å². The predicted molar refractivity (Wildman–Crippen MR) is 156 cm³/mol. The van der Waals surface area contributed by atoms with Crippen LogP contribution in [0.1, 0.15) is 25.3 Å². The summed E-state index contributed by atoms with van der Waals surface area (Å²) < 4.78 is 18.9. The van der Waals surface area contributed by atoms with E-state index in [0.29, 0.717) is 43.2 Å². The maximum atomic E-state index is 14.6. The molecule has 0 saturated carbocycles. The second-order valence-corrected chi connectivity index (χ2v) is 11.2. The van der Waals surface area contributed by atoms with Gasteiger partial charge in [-0.1, -0.05) is 40.2 Å². The number of para-hydroxylation sites is 2. The van der Waals surface area contributed by atoms with E-state index in [1.807, 2.05) is 54.6 Å². The first-order valence-corrected chi connectivity index (χ1v) is 14.1. The van der Waals surface area contributed by atoms with Crippen molar-refractivity contribution in [1.82, 2.24) is 10.2 Å². The highest BCUT2D eigenvalue weighted by molar-refractivity contribution is 9.10. The van der Waals surface area contributed by atoms with Gasteiger partial charge in [0.2, 0.25) is 5.91 Å². The van der Waals surface area contributed by atoms with Crippen LogP contribution in [0.4, 0.5) is 10.5 Å². The number of ether oxygens (including phenoxy) is 3. The lowest BCUT2D eigenvalue weighted by Crippen LogP contribution is -2.65. The summed E-state index contributed by atoms with van der Waals surface area (Å²) >= 11 is 3.53. The third kappa shape index (κ3) is 5.43. The predicted octanol–water partition coefficient (Wildman–Crippen LogP) is 4.57. The van der Waals surface area contributed by atoms with E-state index in [1.165, 1.54) is 14.0 Å². The number of anilines is 1. The molecule has 2 aliphatic rings. The highest BCUT2D eigenvalue weighted by Gasteiger charge is 2.52. The lowest BCUT2D eigenvalue weighted by Gasteiger charge is -2.42. The second-order valence-electron chi connectivity index (χ2n) is 10.3. The Labute approximate surface area is 246 Å². The number of methoxy groups -OCH3 is 1. The summed E-state index contributed by atoms with van der Waals surface area (Å²) in [5.41, 5.74) is 0.269. The first-order valence-electron chi connectivity index (χ1n) is 13.3. The molecule has 2 N–H and O–H groups in total. The number of halogens is 1. The fraction of sp³-hybridized carbons (Fsp3) is 0.367. The van der Waals surface area contributed by atoms with Gasteiger partial charge in [0.05, 0.1) is 32.6 Å². The number of nitrogens with zero attached hydrogens (tertiary/aromatic N) is 2. The minimum absolute atomic E-state index is 0.144. The van der Waals surface area contributed by atoms with Crippen LogP contribution in [0.3, 0.4) is 0 Å². The van der Waals surface area contributed by atoms with Crippen molar-refractivity contribution in [3.05, 3.63) is 64.6 Å². The molecule has 1 saturated heterocycles. The average molecular weight is 627 g/mol. The summed E-state index contributed by atoms with van der Waals surface area (Å²) in [7, 11) is 2.90. The van der Waals surface area contributed by atoms with E-state index in [9.17, 15) is 19.5 Å². The molecule has 3 aromatic rings. The molecule has 1 spiro atoms. The zero-order valence-electron chi connectivity index (χ0n) is 23.1. The molecule has 0 aliphatic carbocycles. The van der Waals surface area contributed by atoms with Crippen LogP contribution in [-0.2, 0) is 20.9 Å². The number of nitrogens with one attached hydrogen (secondary N) is 1. The molecule has 11 heteroatoms. The van der Waals surface area contributed by atoms with Crippen LogP contribution in [0.25, 0.3) is 10.8 Å². The van der Waals surface area contributed by atoms with Crippen molar-refractivity contribution in [2.75, 3.05) is 32.3 Å². The number of carbonyl (C=O) groups is 3. The number of amides is 3. The fourth-order valence-electron chi connectivity index (χ4n) is 5.47. The Kier molecular flexibility index (Phi) is 8.10. The van der Waals surface area contributed by atoms with Crippen LogP contribution in [-0.4, -0.2) is 73.0 Å². The maximum absolute atomic E-state index is 14.6. The standard InChI is InChI=1S/C30H32BrN3O7/c1-18(33(2)29(37)38)27(35)32-26-28(36)34(17-22-21-10-9-20(31)16-19(21)8-11-24(22)39-3)23-6-4-5-7-25(23)41-30(26)12-14-40-15-13-30/h4-11,16,18,26H,12-15,17H2,1-3H3,(H,32,35)(H,37,38)/t18-,26+/m0/s1. The fourth-order valence-corrected chi connectivity index (χ4v) is 5.85. The number of hydrogen-bond acceptors (Lipinski definition) is 6. The zero-order valence-corrected chi connectivity index (χ0v) is 24.6. The SMILES string of the molecule is COc1ccc2cc(Br)ccc2c1CN1C(=O)[C@@H](NC(=O)[C@H](C)N(C)C(=O)O)C2(CCOCC2)Oc2ccccc21. The third-order valence-electron chi connectivity index (χ3n) is 7.98. The van der Waals surface area contributed by atoms with Gasteiger partial charge in [0.15, 0.2) is 0 Å². The maximum Gasteiger partial charge on any atom is 0.407 e. The summed E-state index contributed by atoms with van der Waals surface area (Å²) in [4.78, 5) is 42.1. The van der Waals surface area contributed by atoms with Crippen LogP contribution < -0.4 is 19.7 Å². The van der Waals surface area contributed by atoms with Crippen molar-refractivity contribution in [3.8, 4) is 11.5 Å². The van der Waals surface area contributed by atoms with Gasteiger partial charge in [-0.2, -0.15) is 0 Å². The normalized spacial score (nSPS) is 18.7. The van der Waals surface area contributed by atoms with Crippen LogP contribution in [0.2, 0.25) is 0 Å². The largest absolute Gasteiger partial charge is 0.496 e. The van der Waals surface area contributed by atoms with Gasteiger partial charge in [-0.25, -0.2) is 4.79 Å². The molecule has 0 unspecified atom stereocenters. The van der Waals surface area contributed by atoms with Crippen LogP contribution >= 0.6 is 15.9 Å². The molecule has 41 heavy (non-hydrogen) atoms. The van der Waals surface area contributed by atoms with Crippen molar-refractivity contribution >= 4 is 50.3 Å². The number of likely N-dealkylation sites (N-methyl/N-ethyl adjacent to an activating group) is 1. The van der Waals surface area contributed by atoms with Crippen molar-refractivity contribution < 1.29 is 33.7 Å². The molecule has 216 valence electrons. The van der Waals surface area contributed by atoms with Gasteiger partial charge in [0.1, 0.15) is 29.2 Å². The van der Waals surface area contributed by atoms with E-state index in [-0.39, 0.29) is 12.5 Å². The Morgan fingerprint density at radius 1 is 1.20 bits per heavy atom. The lowest BCUT2D eigenvalue weighted by atomic mass is 9.84. The van der Waals surface area contributed by atoms with E-state index in [4.69, 9.17) is 14.2 Å². The summed E-state index contributed by atoms with van der Waals surface area (Å²) in [6, 6.07) is 14.9. The number of rotatable bonds is 6. The molecule has 5 rings (SSSR count). The minimum Gasteiger partial charge on any atom is -0.496 e. The highest BCUT2D eigenvalue weighted by atomic mass is 79.9. The molecule has 1 fully saturated rings. The van der Waals surface area contributed by atoms with E-state index in [1.54, 1.807) is 12.0 Å². The van der Waals surface area contributed by atoms with Gasteiger partial charge in [0.25, 0.3) is 5.91 Å². The lowest BCUT2D eigenvalue weighted by molar-refractivity contribution is -0.139. The smallest absolute Gasteiger partial charge is 0.407 e. The molecule has 0 radical (unpaired) electrons. The number of hydrogen-bond donors (Lipinski definition) is 2. The number of carboxylic acid groups (broad SMARTS) is 1. The summed E-state index contributed by atoms with van der Waals surface area (Å²) in [5.74, 6) is 0.165. The van der Waals surface area contributed by atoms with Crippen LogP contribution in [0.15, 0.2) is 59.1 Å². The molecule has 2 aliphatic heterocycles. The first-order chi connectivity index (χ1) is 19.6. The second kappa shape index (κ2) is 11.6. The minimum atomic E-state index is -1.25. The number of fused-ring (bicyclic) bond motifs is 2. The molecule has 3 amide bonds. The van der Waals surface area contributed by atoms with Crippen molar-refractivity contribution in [2.24, 2.45) is 0 Å². The van der Waals surface area contributed by atoms with Crippen molar-refractivity contribution in [2.45, 2.75) is 44.0 Å². The molecular formula is C30H32BrN3O7. The molecule has 2 atom stereocenters. The van der Waals surface area contributed by atoms with Crippen LogP contribution in [0.5, 0.6) is 11.5 Å². The number of benzene rings is 3. The Morgan fingerprint density at radius 3 is 2.63 bits per heavy atom. The first kappa shape index (κ1) is 28.7. The molecule has 2 heterocycles. The van der Waals surface area contributed by atoms with Gasteiger partial charge in [-0.15, -0.1) is 0 Å². The van der Waals surface area contributed by atoms with Gasteiger partial charge in [-0.05, 0) is 48.0 Å². The summed E-state index contributed by atoms with van der Waals surface area (Å²) in [6.07, 6.45) is -0.526. The number of carbonyl (C=O) groups excluding carboxylic acids is 2. The Balaban J connectivity index is 1.62. The van der Waals surface area contributed by atoms with Crippen molar-refractivity contribution in [3.63, 3.8) is 0 Å². The van der Waals surface area contributed by atoms with Crippen molar-refractivity contribution in [1.29, 1.82) is 0 Å². The average Bonchev–Trinajstić information content (AvgIpc) is 3.05. The Bertz CT molecular complexity index is 1490. The summed E-state index contributed by atoms with van der Waals surface area (Å²) in [6.45, 7) is 2.31. The van der Waals surface area contributed by atoms with Gasteiger partial charge in [-0.3, -0.25) is 14.5 Å². The molecule has 0 bridgehead atoms. The van der Waals surface area contributed by atoms with Gasteiger partial charge < -0.3 is 29.5 Å². The Hall–Kier alpha value is -3.83. The quantitative estimate of drug-likeness (QED) is 0.412. The molecule has 0 aromatic heterocycles. The van der Waals surface area contributed by atoms with E-state index >= 15 is 0 Å². The summed E-state index contributed by atoms with van der Waals surface area (Å²) in [5, 5.41) is 14.2. The van der Waals surface area contributed by atoms with E-state index < -0.39 is 29.7 Å². The van der Waals surface area contributed by atoms with Gasteiger partial charge >= 0.3 is 6.09 Å². The molecule has 10 nitrogen and oxygen atoms in total. The molecular weight excluding hydrogens is 594 g/mol. The van der Waals surface area contributed by atoms with E-state index in [2.05, 4.69) is 21.2 Å². The topological polar surface area (TPSA) is 118 Å². The molecule has 3 aromatic carbocycles. The highest BCUT2D eigenvalue weighted by Crippen LogP contribution is 2.42. The Morgan fingerprint density at radius 2 is 1.93 bits per heavy atom. The zero-order chi connectivity index (χ0) is 29.3. The van der Waals surface area contributed by atoms with Crippen LogP contribution in [0, 0.1) is 0 Å². The van der Waals surface area contributed by atoms with Gasteiger partial charge in [0, 0.05) is 29.9 Å². The third-order valence-corrected chi connectivity index (χ3v) is 8.48. The monoisotopic (exact) mass is 625 g/mol.